The zero-order valence-electron chi connectivity index (χ0n) is 7.87. The van der Waals surface area contributed by atoms with E-state index in [4.69, 9.17) is 0 Å². The highest BCUT2D eigenvalue weighted by Crippen LogP contribution is 2.24. The highest BCUT2D eigenvalue weighted by Gasteiger charge is 2.19. The number of pyridine rings is 1. The van der Waals surface area contributed by atoms with E-state index in [0.717, 1.165) is 27.8 Å². The molecule has 0 atom stereocenters. The second-order valence-corrected chi connectivity index (χ2v) is 5.31. The summed E-state index contributed by atoms with van der Waals surface area (Å²) in [5.74, 6) is 1.09. The number of nitrogens with one attached hydrogen (secondary N) is 1. The van der Waals surface area contributed by atoms with Gasteiger partial charge < -0.3 is 5.32 Å². The third kappa shape index (κ3) is 3.26. The van der Waals surface area contributed by atoms with E-state index in [1.165, 1.54) is 12.8 Å². The molecule has 76 valence electrons. The fourth-order valence-corrected chi connectivity index (χ4v) is 2.53. The van der Waals surface area contributed by atoms with Crippen LogP contribution in [0.5, 0.6) is 0 Å². The second kappa shape index (κ2) is 5.14. The maximum absolute atomic E-state index is 4.30. The monoisotopic (exact) mass is 272 g/mol. The third-order valence-corrected chi connectivity index (χ3v) is 3.99. The maximum Gasteiger partial charge on any atom is 0.110 e. The lowest BCUT2D eigenvalue weighted by Crippen LogP contribution is -2.19. The van der Waals surface area contributed by atoms with Crippen LogP contribution >= 0.6 is 27.7 Å². The predicted octanol–water partition coefficient (Wildman–Crippen LogP) is 2.69. The van der Waals surface area contributed by atoms with Crippen LogP contribution in [0.25, 0.3) is 0 Å². The molecule has 1 aromatic heterocycles. The summed E-state index contributed by atoms with van der Waals surface area (Å²) in [7, 11) is 0. The molecule has 0 radical (unpaired) electrons. The van der Waals surface area contributed by atoms with Crippen molar-refractivity contribution >= 4 is 27.7 Å². The minimum Gasteiger partial charge on any atom is -0.313 e. The Hall–Kier alpha value is -0.0600. The van der Waals surface area contributed by atoms with Crippen molar-refractivity contribution in [2.75, 3.05) is 12.3 Å². The molecule has 1 saturated carbocycles. The molecule has 1 heterocycles. The van der Waals surface area contributed by atoms with Crippen LogP contribution in [0, 0.1) is 0 Å². The molecule has 0 spiro atoms. The Balaban J connectivity index is 1.71. The molecule has 0 saturated heterocycles. The summed E-state index contributed by atoms with van der Waals surface area (Å²) in [6.07, 6.45) is 4.55. The zero-order valence-corrected chi connectivity index (χ0v) is 10.3. The molecule has 1 aliphatic carbocycles. The molecule has 1 aromatic rings. The Morgan fingerprint density at radius 2 is 2.43 bits per heavy atom. The first-order chi connectivity index (χ1) is 6.86. The molecule has 1 N–H and O–H groups in total. The Morgan fingerprint density at radius 3 is 3.14 bits per heavy atom. The van der Waals surface area contributed by atoms with Gasteiger partial charge >= 0.3 is 0 Å². The van der Waals surface area contributed by atoms with Crippen LogP contribution in [0.15, 0.2) is 27.8 Å². The summed E-state index contributed by atoms with van der Waals surface area (Å²) in [6.45, 7) is 1.08. The number of hydrogen-bond donors (Lipinski definition) is 1. The lowest BCUT2D eigenvalue weighted by molar-refractivity contribution is 0.726. The molecule has 14 heavy (non-hydrogen) atoms. The highest BCUT2D eigenvalue weighted by molar-refractivity contribution is 9.10. The van der Waals surface area contributed by atoms with Gasteiger partial charge in [0, 0.05) is 29.0 Å². The average Bonchev–Trinajstić information content (AvgIpc) is 2.99. The van der Waals surface area contributed by atoms with E-state index in [2.05, 4.69) is 26.2 Å². The van der Waals surface area contributed by atoms with Crippen molar-refractivity contribution in [3.05, 3.63) is 22.8 Å². The van der Waals surface area contributed by atoms with E-state index < -0.39 is 0 Å². The van der Waals surface area contributed by atoms with Gasteiger partial charge in [-0.2, -0.15) is 0 Å². The molecule has 0 aliphatic heterocycles. The predicted molar refractivity (Wildman–Crippen MR) is 63.7 cm³/mol. The summed E-state index contributed by atoms with van der Waals surface area (Å²) in [6, 6.07) is 4.78. The van der Waals surface area contributed by atoms with Gasteiger partial charge in [0.1, 0.15) is 5.03 Å². The molecule has 0 bridgehead atoms. The highest BCUT2D eigenvalue weighted by atomic mass is 79.9. The SMILES string of the molecule is Brc1cccnc1SCCNC1CC1. The quantitative estimate of drug-likeness (QED) is 0.659. The number of thioether (sulfide) groups is 1. The van der Waals surface area contributed by atoms with Crippen molar-refractivity contribution in [1.29, 1.82) is 0 Å². The average molecular weight is 273 g/mol. The van der Waals surface area contributed by atoms with Gasteiger partial charge in [-0.05, 0) is 40.9 Å². The fraction of sp³-hybridized carbons (Fsp3) is 0.500. The Kier molecular flexibility index (Phi) is 3.84. The summed E-state index contributed by atoms with van der Waals surface area (Å²) in [5.41, 5.74) is 0. The Morgan fingerprint density at radius 1 is 1.57 bits per heavy atom. The molecular formula is C10H13BrN2S. The lowest BCUT2D eigenvalue weighted by Gasteiger charge is -2.03. The van der Waals surface area contributed by atoms with E-state index in [1.54, 1.807) is 11.8 Å². The largest absolute Gasteiger partial charge is 0.313 e. The number of rotatable bonds is 5. The Bertz CT molecular complexity index is 302. The first kappa shape index (κ1) is 10.5. The zero-order chi connectivity index (χ0) is 9.80. The maximum atomic E-state index is 4.30. The van der Waals surface area contributed by atoms with Gasteiger partial charge in [-0.25, -0.2) is 4.98 Å². The van der Waals surface area contributed by atoms with Gasteiger partial charge in [-0.1, -0.05) is 0 Å². The van der Waals surface area contributed by atoms with Crippen LogP contribution in [0.2, 0.25) is 0 Å². The number of halogens is 1. The lowest BCUT2D eigenvalue weighted by atomic mass is 10.5. The minimum absolute atomic E-state index is 0.808. The van der Waals surface area contributed by atoms with E-state index in [-0.39, 0.29) is 0 Å². The molecule has 1 aliphatic rings. The van der Waals surface area contributed by atoms with Crippen LogP contribution in [-0.2, 0) is 0 Å². The van der Waals surface area contributed by atoms with Gasteiger partial charge in [-0.3, -0.25) is 0 Å². The Labute approximate surface area is 97.0 Å². The molecule has 0 unspecified atom stereocenters. The second-order valence-electron chi connectivity index (χ2n) is 3.37. The van der Waals surface area contributed by atoms with Gasteiger partial charge in [-0.15, -0.1) is 11.8 Å². The standard InChI is InChI=1S/C10H13BrN2S/c11-9-2-1-5-13-10(9)14-7-6-12-8-3-4-8/h1-2,5,8,12H,3-4,6-7H2. The minimum atomic E-state index is 0.808. The topological polar surface area (TPSA) is 24.9 Å². The normalized spacial score (nSPS) is 15.8. The van der Waals surface area contributed by atoms with Crippen LogP contribution in [0.3, 0.4) is 0 Å². The smallest absolute Gasteiger partial charge is 0.110 e. The van der Waals surface area contributed by atoms with Crippen molar-refractivity contribution in [3.63, 3.8) is 0 Å². The summed E-state index contributed by atoms with van der Waals surface area (Å²) < 4.78 is 1.09. The van der Waals surface area contributed by atoms with Crippen molar-refractivity contribution in [2.24, 2.45) is 0 Å². The van der Waals surface area contributed by atoms with Crippen molar-refractivity contribution in [3.8, 4) is 0 Å². The first-order valence-corrected chi connectivity index (χ1v) is 6.61. The van der Waals surface area contributed by atoms with Gasteiger partial charge in [0.15, 0.2) is 0 Å². The van der Waals surface area contributed by atoms with Crippen LogP contribution in [0.4, 0.5) is 0 Å². The van der Waals surface area contributed by atoms with Crippen LogP contribution < -0.4 is 5.32 Å². The summed E-state index contributed by atoms with van der Waals surface area (Å²) in [4.78, 5) is 4.30. The van der Waals surface area contributed by atoms with E-state index in [0.29, 0.717) is 0 Å². The third-order valence-electron chi connectivity index (χ3n) is 2.08. The first-order valence-electron chi connectivity index (χ1n) is 4.83. The number of aromatic nitrogens is 1. The van der Waals surface area contributed by atoms with Gasteiger partial charge in [0.05, 0.1) is 0 Å². The summed E-state index contributed by atoms with van der Waals surface area (Å²) in [5, 5.41) is 4.57. The number of hydrogen-bond acceptors (Lipinski definition) is 3. The molecule has 4 heteroatoms. The van der Waals surface area contributed by atoms with E-state index >= 15 is 0 Å². The van der Waals surface area contributed by atoms with E-state index in [9.17, 15) is 0 Å². The molecule has 0 amide bonds. The van der Waals surface area contributed by atoms with Crippen molar-refractivity contribution < 1.29 is 0 Å². The summed E-state index contributed by atoms with van der Waals surface area (Å²) >= 11 is 5.28. The van der Waals surface area contributed by atoms with Crippen molar-refractivity contribution in [1.82, 2.24) is 10.3 Å². The van der Waals surface area contributed by atoms with Crippen molar-refractivity contribution in [2.45, 2.75) is 23.9 Å². The fourth-order valence-electron chi connectivity index (χ4n) is 1.18. The van der Waals surface area contributed by atoms with Gasteiger partial charge in [0.2, 0.25) is 0 Å². The molecular weight excluding hydrogens is 260 g/mol. The molecule has 2 rings (SSSR count). The molecule has 0 aromatic carbocycles. The van der Waals surface area contributed by atoms with E-state index in [1.807, 2.05) is 18.3 Å². The number of nitrogens with zero attached hydrogens (tertiary/aromatic N) is 1. The molecule has 1 fully saturated rings. The van der Waals surface area contributed by atoms with Crippen LogP contribution in [-0.4, -0.2) is 23.3 Å². The molecule has 2 nitrogen and oxygen atoms in total. The van der Waals surface area contributed by atoms with Gasteiger partial charge in [0.25, 0.3) is 0 Å². The van der Waals surface area contributed by atoms with Crippen LogP contribution in [0.1, 0.15) is 12.8 Å².